The Hall–Kier alpha value is -7.16. The maximum absolute atomic E-state index is 4.89. The van der Waals surface area contributed by atoms with Gasteiger partial charge in [0.2, 0.25) is 0 Å². The Balaban J connectivity index is 1.29. The number of benzene rings is 9. The fourth-order valence-corrected chi connectivity index (χ4v) is 9.50. The molecule has 2 heteroatoms. The van der Waals surface area contributed by atoms with Crippen LogP contribution in [0, 0.1) is 0 Å². The lowest BCUT2D eigenvalue weighted by molar-refractivity contribution is 1.37. The number of aromatic nitrogens is 2. The first-order valence-electron chi connectivity index (χ1n) is 18.6. The normalized spacial score (nSPS) is 12.1. The van der Waals surface area contributed by atoms with Crippen LogP contribution in [0.15, 0.2) is 182 Å². The van der Waals surface area contributed by atoms with Crippen molar-refractivity contribution < 1.29 is 0 Å². The van der Waals surface area contributed by atoms with E-state index < -0.39 is 0 Å². The molecule has 0 aliphatic rings. The highest BCUT2D eigenvalue weighted by Gasteiger charge is 2.22. The minimum absolute atomic E-state index is 0.926. The average molecular weight is 683 g/mol. The SMILES string of the molecule is c1cnc2c(c1)cc(-c1c3ccccc3c(-c3cc4cccc5c6ccccc6c6ccccc6c6cccc3c6c45)c3ccccc13)c1cccnc12. The molecule has 2 aromatic heterocycles. The Bertz CT molecular complexity index is 3510. The predicted octanol–water partition coefficient (Wildman–Crippen LogP) is 14.2. The molecule has 2 heterocycles. The van der Waals surface area contributed by atoms with Crippen molar-refractivity contribution in [2.45, 2.75) is 0 Å². The van der Waals surface area contributed by atoms with E-state index >= 15 is 0 Å². The van der Waals surface area contributed by atoms with Crippen molar-refractivity contribution >= 4 is 97.2 Å². The van der Waals surface area contributed by atoms with Crippen LogP contribution in [-0.2, 0) is 0 Å². The summed E-state index contributed by atoms with van der Waals surface area (Å²) in [5.41, 5.74) is 6.75. The third-order valence-corrected chi connectivity index (χ3v) is 11.7. The molecular weight excluding hydrogens is 653 g/mol. The highest BCUT2D eigenvalue weighted by molar-refractivity contribution is 6.36. The first-order valence-corrected chi connectivity index (χ1v) is 18.6. The van der Waals surface area contributed by atoms with E-state index in [4.69, 9.17) is 9.97 Å². The summed E-state index contributed by atoms with van der Waals surface area (Å²) in [6.07, 6.45) is 3.73. The third-order valence-electron chi connectivity index (χ3n) is 11.7. The summed E-state index contributed by atoms with van der Waals surface area (Å²) >= 11 is 0. The van der Waals surface area contributed by atoms with Crippen molar-refractivity contribution in [2.75, 3.05) is 0 Å². The molecule has 2 nitrogen and oxygen atoms in total. The maximum atomic E-state index is 4.89. The van der Waals surface area contributed by atoms with Gasteiger partial charge in [-0.05, 0) is 122 Å². The zero-order chi connectivity index (χ0) is 35.3. The van der Waals surface area contributed by atoms with Gasteiger partial charge in [-0.2, -0.15) is 0 Å². The lowest BCUT2D eigenvalue weighted by Gasteiger charge is -2.21. The van der Waals surface area contributed by atoms with Crippen LogP contribution < -0.4 is 0 Å². The van der Waals surface area contributed by atoms with Crippen LogP contribution >= 0.6 is 0 Å². The Kier molecular flexibility index (Phi) is 6.09. The van der Waals surface area contributed by atoms with Gasteiger partial charge in [-0.25, -0.2) is 0 Å². The molecule has 0 unspecified atom stereocenters. The Morgan fingerprint density at radius 1 is 0.259 bits per heavy atom. The van der Waals surface area contributed by atoms with Crippen LogP contribution in [0.25, 0.3) is 119 Å². The molecule has 12 rings (SSSR count). The van der Waals surface area contributed by atoms with Crippen LogP contribution in [0.2, 0.25) is 0 Å². The lowest BCUT2D eigenvalue weighted by atomic mass is 9.82. The molecule has 248 valence electrons. The number of nitrogens with zero attached hydrogens (tertiary/aromatic N) is 2. The topological polar surface area (TPSA) is 25.8 Å². The van der Waals surface area contributed by atoms with Gasteiger partial charge in [0.15, 0.2) is 0 Å². The zero-order valence-electron chi connectivity index (χ0n) is 29.2. The fourth-order valence-electron chi connectivity index (χ4n) is 9.50. The molecule has 0 bridgehead atoms. The van der Waals surface area contributed by atoms with Gasteiger partial charge in [0.05, 0.1) is 11.0 Å². The van der Waals surface area contributed by atoms with Gasteiger partial charge < -0.3 is 0 Å². The van der Waals surface area contributed by atoms with Crippen molar-refractivity contribution in [3.63, 3.8) is 0 Å². The molecule has 0 fully saturated rings. The second-order valence-electron chi connectivity index (χ2n) is 14.4. The number of rotatable bonds is 2. The van der Waals surface area contributed by atoms with Crippen molar-refractivity contribution in [2.24, 2.45) is 0 Å². The molecule has 0 aliphatic carbocycles. The van der Waals surface area contributed by atoms with Crippen LogP contribution in [-0.4, -0.2) is 9.97 Å². The fraction of sp³-hybridized carbons (Fsp3) is 0. The molecular formula is C52H30N2. The Morgan fingerprint density at radius 2 is 0.648 bits per heavy atom. The summed E-state index contributed by atoms with van der Waals surface area (Å²) in [5, 5.41) is 19.8. The first-order chi connectivity index (χ1) is 26.8. The van der Waals surface area contributed by atoms with Crippen LogP contribution in [0.1, 0.15) is 0 Å². The van der Waals surface area contributed by atoms with Gasteiger partial charge in [-0.1, -0.05) is 146 Å². The number of pyridine rings is 2. The first kappa shape index (κ1) is 29.4. The molecule has 0 spiro atoms. The predicted molar refractivity (Wildman–Crippen MR) is 230 cm³/mol. The van der Waals surface area contributed by atoms with Crippen molar-refractivity contribution in [3.05, 3.63) is 182 Å². The highest BCUT2D eigenvalue weighted by atomic mass is 14.7. The Labute approximate surface area is 310 Å². The quantitative estimate of drug-likeness (QED) is 0.134. The lowest BCUT2D eigenvalue weighted by Crippen LogP contribution is -1.94. The monoisotopic (exact) mass is 682 g/mol. The number of hydrogen-bond acceptors (Lipinski definition) is 2. The summed E-state index contributed by atoms with van der Waals surface area (Å²) in [6, 6.07) is 62.7. The van der Waals surface area contributed by atoms with E-state index in [0.29, 0.717) is 0 Å². The molecule has 0 atom stereocenters. The van der Waals surface area contributed by atoms with Crippen molar-refractivity contribution in [3.8, 4) is 22.3 Å². The largest absolute Gasteiger partial charge is 0.254 e. The minimum atomic E-state index is 0.926. The molecule has 0 amide bonds. The molecule has 0 radical (unpaired) electrons. The molecule has 0 saturated heterocycles. The third kappa shape index (κ3) is 4.00. The van der Waals surface area contributed by atoms with E-state index in [9.17, 15) is 0 Å². The summed E-state index contributed by atoms with van der Waals surface area (Å²) in [7, 11) is 0. The van der Waals surface area contributed by atoms with Crippen LogP contribution in [0.5, 0.6) is 0 Å². The number of fused-ring (bicyclic) bond motifs is 10. The molecule has 54 heavy (non-hydrogen) atoms. The molecule has 10 aromatic carbocycles. The van der Waals surface area contributed by atoms with Crippen LogP contribution in [0.3, 0.4) is 0 Å². The van der Waals surface area contributed by atoms with Gasteiger partial charge in [0, 0.05) is 23.2 Å². The standard InChI is InChI=1S/C52H30N2/c1-3-17-35-33(15-1)34-16-2-4-18-36(34)38-24-10-25-43-45(29-31-13-9-23-37(35)47(31)50(38)43)48-39-19-5-7-21-41(39)49(42-22-8-6-20-40(42)48)46-30-32-14-11-27-53-51(32)52-44(46)26-12-28-54-52/h1-30H. The summed E-state index contributed by atoms with van der Waals surface area (Å²) < 4.78 is 0. The summed E-state index contributed by atoms with van der Waals surface area (Å²) in [6.45, 7) is 0. The van der Waals surface area contributed by atoms with E-state index in [-0.39, 0.29) is 0 Å². The summed E-state index contributed by atoms with van der Waals surface area (Å²) in [5.74, 6) is 0. The van der Waals surface area contributed by atoms with Crippen LogP contribution in [0.4, 0.5) is 0 Å². The molecule has 0 saturated carbocycles. The van der Waals surface area contributed by atoms with Crippen molar-refractivity contribution in [1.82, 2.24) is 9.97 Å². The smallest absolute Gasteiger partial charge is 0.0970 e. The van der Waals surface area contributed by atoms with E-state index in [0.717, 1.165) is 21.8 Å². The molecule has 0 N–H and O–H groups in total. The van der Waals surface area contributed by atoms with Gasteiger partial charge >= 0.3 is 0 Å². The van der Waals surface area contributed by atoms with E-state index in [2.05, 4.69) is 158 Å². The molecule has 12 aromatic rings. The summed E-state index contributed by atoms with van der Waals surface area (Å²) in [4.78, 5) is 9.66. The second kappa shape index (κ2) is 11.2. The van der Waals surface area contributed by atoms with Gasteiger partial charge in [0.25, 0.3) is 0 Å². The zero-order valence-corrected chi connectivity index (χ0v) is 29.2. The maximum Gasteiger partial charge on any atom is 0.0970 e. The average Bonchev–Trinajstić information content (AvgIpc) is 3.24. The van der Waals surface area contributed by atoms with Crippen molar-refractivity contribution in [1.29, 1.82) is 0 Å². The number of hydrogen-bond donors (Lipinski definition) is 0. The Morgan fingerprint density at radius 3 is 1.26 bits per heavy atom. The van der Waals surface area contributed by atoms with E-state index in [1.807, 2.05) is 24.5 Å². The molecule has 0 aliphatic heterocycles. The van der Waals surface area contributed by atoms with Gasteiger partial charge in [-0.3, -0.25) is 9.97 Å². The second-order valence-corrected chi connectivity index (χ2v) is 14.4. The van der Waals surface area contributed by atoms with E-state index in [1.165, 1.54) is 97.7 Å². The van der Waals surface area contributed by atoms with E-state index in [1.54, 1.807) is 0 Å². The minimum Gasteiger partial charge on any atom is -0.254 e. The van der Waals surface area contributed by atoms with Gasteiger partial charge in [-0.15, -0.1) is 0 Å². The highest BCUT2D eigenvalue weighted by Crippen LogP contribution is 2.50. The van der Waals surface area contributed by atoms with Gasteiger partial charge in [0.1, 0.15) is 0 Å².